The zero-order chi connectivity index (χ0) is 20.5. The number of nitrogens with zero attached hydrogens (tertiary/aromatic N) is 3. The zero-order valence-electron chi connectivity index (χ0n) is 16.7. The van der Waals surface area contributed by atoms with Crippen molar-refractivity contribution in [1.82, 2.24) is 15.5 Å². The number of guanidine groups is 1. The van der Waals surface area contributed by atoms with E-state index in [1.807, 2.05) is 24.3 Å². The average molecular weight is 509 g/mol. The molecule has 0 atom stereocenters. The predicted octanol–water partition coefficient (Wildman–Crippen LogP) is 2.92. The summed E-state index contributed by atoms with van der Waals surface area (Å²) in [5, 5.41) is 15.1. The lowest BCUT2D eigenvalue weighted by molar-refractivity contribution is 0.0827. The molecule has 0 spiro atoms. The second kappa shape index (κ2) is 12.0. The van der Waals surface area contributed by atoms with Crippen LogP contribution in [0.4, 0.5) is 4.39 Å². The number of aliphatic imine (C=N–C) groups is 1. The van der Waals surface area contributed by atoms with Crippen molar-refractivity contribution in [3.05, 3.63) is 70.5 Å². The van der Waals surface area contributed by atoms with Gasteiger partial charge in [-0.25, -0.2) is 4.39 Å². The number of carbonyl (C=O) groups is 1. The minimum absolute atomic E-state index is 0. The van der Waals surface area contributed by atoms with E-state index in [1.54, 1.807) is 32.1 Å². The third-order valence-corrected chi connectivity index (χ3v) is 4.13. The van der Waals surface area contributed by atoms with Gasteiger partial charge in [0.15, 0.2) is 5.96 Å². The van der Waals surface area contributed by atoms with Crippen LogP contribution < -0.4 is 10.6 Å². The summed E-state index contributed by atoms with van der Waals surface area (Å²) in [6.07, 6.45) is 0.702. The van der Waals surface area contributed by atoms with Crippen LogP contribution in [0.5, 0.6) is 0 Å². The third kappa shape index (κ3) is 7.34. The molecule has 2 rings (SSSR count). The summed E-state index contributed by atoms with van der Waals surface area (Å²) in [5.74, 6) is 0.125. The van der Waals surface area contributed by atoms with Crippen LogP contribution in [0.15, 0.2) is 47.5 Å². The highest BCUT2D eigenvalue weighted by atomic mass is 127. The minimum Gasteiger partial charge on any atom is -0.356 e. The van der Waals surface area contributed by atoms with Gasteiger partial charge in [-0.15, -0.1) is 24.0 Å². The van der Waals surface area contributed by atoms with Crippen molar-refractivity contribution in [2.75, 3.05) is 27.7 Å². The smallest absolute Gasteiger partial charge is 0.253 e. The van der Waals surface area contributed by atoms with Crippen LogP contribution >= 0.6 is 24.0 Å². The molecular weight excluding hydrogens is 484 g/mol. The Morgan fingerprint density at radius 2 is 1.97 bits per heavy atom. The van der Waals surface area contributed by atoms with Crippen LogP contribution in [0.2, 0.25) is 0 Å². The standard InChI is InChI=1S/C21H24FN5O.HI/c1-24-21(26-14-18-12-16(13-23)7-8-19(18)22)25-10-9-15-5-4-6-17(11-15)20(28)27(2)3;/h4-8,11-12H,9-10,14H2,1-3H3,(H2,24,25,26);1H. The highest BCUT2D eigenvalue weighted by Crippen LogP contribution is 2.10. The first-order valence-corrected chi connectivity index (χ1v) is 8.88. The molecule has 0 radical (unpaired) electrons. The molecule has 29 heavy (non-hydrogen) atoms. The van der Waals surface area contributed by atoms with Gasteiger partial charge < -0.3 is 15.5 Å². The van der Waals surface area contributed by atoms with Crippen molar-refractivity contribution in [3.63, 3.8) is 0 Å². The number of nitriles is 1. The Morgan fingerprint density at radius 1 is 1.21 bits per heavy atom. The van der Waals surface area contributed by atoms with Gasteiger partial charge >= 0.3 is 0 Å². The molecule has 0 fully saturated rings. The Labute approximate surface area is 187 Å². The van der Waals surface area contributed by atoms with Gasteiger partial charge in [-0.3, -0.25) is 9.79 Å². The monoisotopic (exact) mass is 509 g/mol. The molecule has 0 heterocycles. The van der Waals surface area contributed by atoms with Crippen molar-refractivity contribution in [3.8, 4) is 6.07 Å². The van der Waals surface area contributed by atoms with Crippen LogP contribution in [0, 0.1) is 17.1 Å². The van der Waals surface area contributed by atoms with E-state index >= 15 is 0 Å². The number of hydrogen-bond donors (Lipinski definition) is 2. The molecule has 0 aromatic heterocycles. The van der Waals surface area contributed by atoms with Gasteiger partial charge in [0.05, 0.1) is 11.6 Å². The molecule has 154 valence electrons. The molecule has 2 aromatic rings. The summed E-state index contributed by atoms with van der Waals surface area (Å²) in [4.78, 5) is 17.7. The largest absolute Gasteiger partial charge is 0.356 e. The fraction of sp³-hybridized carbons (Fsp3) is 0.286. The Morgan fingerprint density at radius 3 is 2.62 bits per heavy atom. The normalized spacial score (nSPS) is 10.5. The molecule has 0 aliphatic heterocycles. The quantitative estimate of drug-likeness (QED) is 0.357. The van der Waals surface area contributed by atoms with E-state index in [9.17, 15) is 9.18 Å². The minimum atomic E-state index is -0.371. The van der Waals surface area contributed by atoms with E-state index in [0.29, 0.717) is 35.6 Å². The SMILES string of the molecule is CN=C(NCCc1cccc(C(=O)N(C)C)c1)NCc1cc(C#N)ccc1F.I. The fourth-order valence-electron chi connectivity index (χ4n) is 2.62. The number of carbonyl (C=O) groups excluding carboxylic acids is 1. The van der Waals surface area contributed by atoms with E-state index < -0.39 is 0 Å². The summed E-state index contributed by atoms with van der Waals surface area (Å²) >= 11 is 0. The van der Waals surface area contributed by atoms with Gasteiger partial charge in [0.1, 0.15) is 5.82 Å². The molecule has 1 amide bonds. The highest BCUT2D eigenvalue weighted by Gasteiger charge is 2.08. The number of hydrogen-bond acceptors (Lipinski definition) is 3. The molecule has 0 aliphatic carbocycles. The highest BCUT2D eigenvalue weighted by molar-refractivity contribution is 14.0. The first-order chi connectivity index (χ1) is 13.4. The summed E-state index contributed by atoms with van der Waals surface area (Å²) in [7, 11) is 5.08. The number of benzene rings is 2. The fourth-order valence-corrected chi connectivity index (χ4v) is 2.62. The van der Waals surface area contributed by atoms with Crippen molar-refractivity contribution in [2.24, 2.45) is 4.99 Å². The van der Waals surface area contributed by atoms with Crippen molar-refractivity contribution in [1.29, 1.82) is 5.26 Å². The summed E-state index contributed by atoms with van der Waals surface area (Å²) < 4.78 is 13.9. The third-order valence-electron chi connectivity index (χ3n) is 4.13. The lowest BCUT2D eigenvalue weighted by Crippen LogP contribution is -2.38. The zero-order valence-corrected chi connectivity index (χ0v) is 19.0. The van der Waals surface area contributed by atoms with Gasteiger partial charge in [0, 0.05) is 45.4 Å². The number of rotatable bonds is 6. The molecule has 0 saturated heterocycles. The first kappa shape index (κ1) is 24.4. The van der Waals surface area contributed by atoms with Crippen molar-refractivity contribution >= 4 is 35.8 Å². The van der Waals surface area contributed by atoms with E-state index in [-0.39, 0.29) is 42.2 Å². The maximum Gasteiger partial charge on any atom is 0.253 e. The van der Waals surface area contributed by atoms with Crippen LogP contribution in [-0.2, 0) is 13.0 Å². The van der Waals surface area contributed by atoms with Crippen LogP contribution in [0.3, 0.4) is 0 Å². The summed E-state index contributed by atoms with van der Waals surface area (Å²) in [6, 6.07) is 13.8. The molecule has 2 aromatic carbocycles. The summed E-state index contributed by atoms with van der Waals surface area (Å²) in [5.41, 5.74) is 2.49. The molecule has 0 bridgehead atoms. The second-order valence-electron chi connectivity index (χ2n) is 6.42. The van der Waals surface area contributed by atoms with E-state index in [4.69, 9.17) is 5.26 Å². The molecule has 8 heteroatoms. The van der Waals surface area contributed by atoms with E-state index in [0.717, 1.165) is 5.56 Å². The Balaban J connectivity index is 0.00000420. The van der Waals surface area contributed by atoms with E-state index in [1.165, 1.54) is 18.2 Å². The molecule has 6 nitrogen and oxygen atoms in total. The molecular formula is C21H25FIN5O. The molecule has 0 unspecified atom stereocenters. The number of nitrogens with one attached hydrogen (secondary N) is 2. The van der Waals surface area contributed by atoms with Crippen LogP contribution in [0.1, 0.15) is 27.0 Å². The van der Waals surface area contributed by atoms with Gasteiger partial charge in [0.25, 0.3) is 5.91 Å². The molecule has 0 saturated carbocycles. The topological polar surface area (TPSA) is 80.5 Å². The van der Waals surface area contributed by atoms with E-state index in [2.05, 4.69) is 15.6 Å². The molecule has 0 aliphatic rings. The van der Waals surface area contributed by atoms with Crippen molar-refractivity contribution in [2.45, 2.75) is 13.0 Å². The lowest BCUT2D eigenvalue weighted by Gasteiger charge is -2.13. The van der Waals surface area contributed by atoms with Gasteiger partial charge in [-0.1, -0.05) is 12.1 Å². The predicted molar refractivity (Wildman–Crippen MR) is 123 cm³/mol. The Kier molecular flexibility index (Phi) is 10.1. The summed E-state index contributed by atoms with van der Waals surface area (Å²) in [6.45, 7) is 0.813. The van der Waals surface area contributed by atoms with Crippen LogP contribution in [-0.4, -0.2) is 44.5 Å². The Bertz CT molecular complexity index is 908. The maximum absolute atomic E-state index is 13.9. The average Bonchev–Trinajstić information content (AvgIpc) is 2.71. The van der Waals surface area contributed by atoms with Gasteiger partial charge in [-0.2, -0.15) is 5.26 Å². The second-order valence-corrected chi connectivity index (χ2v) is 6.42. The first-order valence-electron chi connectivity index (χ1n) is 8.88. The number of amides is 1. The Hall–Kier alpha value is -2.67. The van der Waals surface area contributed by atoms with Crippen LogP contribution in [0.25, 0.3) is 0 Å². The van der Waals surface area contributed by atoms with Crippen molar-refractivity contribution < 1.29 is 9.18 Å². The maximum atomic E-state index is 13.9. The van der Waals surface area contributed by atoms with Gasteiger partial charge in [-0.05, 0) is 42.3 Å². The number of halogens is 2. The van der Waals surface area contributed by atoms with Gasteiger partial charge in [0.2, 0.25) is 0 Å². The lowest BCUT2D eigenvalue weighted by atomic mass is 10.1. The molecule has 2 N–H and O–H groups in total.